The van der Waals surface area contributed by atoms with Crippen molar-refractivity contribution < 1.29 is 9.32 Å². The van der Waals surface area contributed by atoms with Crippen LogP contribution in [-0.4, -0.2) is 29.9 Å². The van der Waals surface area contributed by atoms with Crippen LogP contribution in [0.3, 0.4) is 0 Å². The molecule has 2 aromatic rings. The van der Waals surface area contributed by atoms with Crippen molar-refractivity contribution in [3.63, 3.8) is 0 Å². The molecule has 0 aliphatic rings. The molecule has 0 spiro atoms. The van der Waals surface area contributed by atoms with Crippen LogP contribution in [0.1, 0.15) is 18.7 Å². The topological polar surface area (TPSA) is 46.3 Å². The zero-order chi connectivity index (χ0) is 11.7. The van der Waals surface area contributed by atoms with Crippen LogP contribution < -0.4 is 0 Å². The third-order valence-electron chi connectivity index (χ3n) is 2.57. The van der Waals surface area contributed by atoms with Crippen molar-refractivity contribution in [1.82, 2.24) is 10.1 Å². The average molecular weight is 218 g/mol. The van der Waals surface area contributed by atoms with Gasteiger partial charge in [0, 0.05) is 5.39 Å². The summed E-state index contributed by atoms with van der Waals surface area (Å²) in [6.07, 6.45) is 0. The van der Waals surface area contributed by atoms with Crippen LogP contribution in [0.15, 0.2) is 28.8 Å². The molecular formula is C12H14N2O2. The molecule has 1 aromatic carbocycles. The van der Waals surface area contributed by atoms with Crippen LogP contribution in [0.25, 0.3) is 11.0 Å². The van der Waals surface area contributed by atoms with Crippen molar-refractivity contribution in [3.05, 3.63) is 30.0 Å². The normalized spacial score (nSPS) is 13.2. The van der Waals surface area contributed by atoms with Crippen LogP contribution >= 0.6 is 0 Å². The highest BCUT2D eigenvalue weighted by molar-refractivity contribution is 5.89. The molecular weight excluding hydrogens is 204 g/mol. The molecule has 1 heterocycles. The fourth-order valence-electron chi connectivity index (χ4n) is 1.90. The Morgan fingerprint density at radius 1 is 1.38 bits per heavy atom. The summed E-state index contributed by atoms with van der Waals surface area (Å²) < 4.78 is 5.20. The second kappa shape index (κ2) is 4.06. The lowest BCUT2D eigenvalue weighted by Crippen LogP contribution is -2.26. The highest BCUT2D eigenvalue weighted by Crippen LogP contribution is 2.26. The number of para-hydroxylation sites is 1. The number of fused-ring (bicyclic) bond motifs is 1. The summed E-state index contributed by atoms with van der Waals surface area (Å²) in [5.41, 5.74) is 1.40. The summed E-state index contributed by atoms with van der Waals surface area (Å²) in [7, 11) is 3.71. The molecule has 0 aliphatic heterocycles. The minimum atomic E-state index is -0.344. The molecule has 84 valence electrons. The van der Waals surface area contributed by atoms with Gasteiger partial charge in [0.2, 0.25) is 0 Å². The maximum Gasteiger partial charge on any atom is 0.167 e. The van der Waals surface area contributed by atoms with Crippen molar-refractivity contribution >= 4 is 16.8 Å². The van der Waals surface area contributed by atoms with Crippen LogP contribution in [0.5, 0.6) is 0 Å². The van der Waals surface area contributed by atoms with E-state index in [1.54, 1.807) is 6.92 Å². The fraction of sp³-hybridized carbons (Fsp3) is 0.333. The number of benzene rings is 1. The highest BCUT2D eigenvalue weighted by Gasteiger charge is 2.24. The minimum absolute atomic E-state index is 0.0593. The van der Waals surface area contributed by atoms with E-state index in [0.29, 0.717) is 11.3 Å². The number of ketones is 1. The van der Waals surface area contributed by atoms with E-state index >= 15 is 0 Å². The van der Waals surface area contributed by atoms with Crippen molar-refractivity contribution in [2.45, 2.75) is 13.0 Å². The lowest BCUT2D eigenvalue weighted by atomic mass is 10.1. The summed E-state index contributed by atoms with van der Waals surface area (Å²) in [4.78, 5) is 13.4. The number of carbonyl (C=O) groups excluding carboxylic acids is 1. The van der Waals surface area contributed by atoms with Gasteiger partial charge in [0.1, 0.15) is 11.7 Å². The minimum Gasteiger partial charge on any atom is -0.356 e. The maximum atomic E-state index is 11.6. The molecule has 0 N–H and O–H groups in total. The average Bonchev–Trinajstić information content (AvgIpc) is 2.61. The van der Waals surface area contributed by atoms with Gasteiger partial charge >= 0.3 is 0 Å². The van der Waals surface area contributed by atoms with Crippen LogP contribution in [-0.2, 0) is 4.79 Å². The first-order chi connectivity index (χ1) is 7.61. The number of Topliss-reactive ketones (excluding diaryl/α,β-unsaturated/α-hetero) is 1. The number of rotatable bonds is 3. The Balaban J connectivity index is 2.57. The molecule has 1 atom stereocenters. The van der Waals surface area contributed by atoms with Gasteiger partial charge in [-0.2, -0.15) is 0 Å². The molecule has 16 heavy (non-hydrogen) atoms. The standard InChI is InChI=1S/C12H14N2O2/c1-8(15)12(14(2)3)11-9-6-4-5-7-10(9)16-13-11/h4-7,12H,1-3H3. The van der Waals surface area contributed by atoms with Gasteiger partial charge in [-0.05, 0) is 33.2 Å². The number of aromatic nitrogens is 1. The molecule has 0 bridgehead atoms. The molecule has 2 rings (SSSR count). The zero-order valence-corrected chi connectivity index (χ0v) is 9.60. The van der Waals surface area contributed by atoms with E-state index in [-0.39, 0.29) is 11.8 Å². The summed E-state index contributed by atoms with van der Waals surface area (Å²) in [6.45, 7) is 1.56. The van der Waals surface area contributed by atoms with Gasteiger partial charge in [-0.15, -0.1) is 0 Å². The van der Waals surface area contributed by atoms with Gasteiger partial charge < -0.3 is 4.52 Å². The summed E-state index contributed by atoms with van der Waals surface area (Å²) in [5.74, 6) is 0.0593. The molecule has 0 radical (unpaired) electrons. The largest absolute Gasteiger partial charge is 0.356 e. The molecule has 1 unspecified atom stereocenters. The predicted octanol–water partition coefficient (Wildman–Crippen LogP) is 2.02. The van der Waals surface area contributed by atoms with Gasteiger partial charge in [-0.1, -0.05) is 17.3 Å². The van der Waals surface area contributed by atoms with Crippen LogP contribution in [0.4, 0.5) is 0 Å². The summed E-state index contributed by atoms with van der Waals surface area (Å²) >= 11 is 0. The number of nitrogens with zero attached hydrogens (tertiary/aromatic N) is 2. The Hall–Kier alpha value is -1.68. The van der Waals surface area contributed by atoms with E-state index in [4.69, 9.17) is 4.52 Å². The maximum absolute atomic E-state index is 11.6. The smallest absolute Gasteiger partial charge is 0.167 e. The van der Waals surface area contributed by atoms with Crippen LogP contribution in [0, 0.1) is 0 Å². The van der Waals surface area contributed by atoms with Crippen molar-refractivity contribution in [2.75, 3.05) is 14.1 Å². The summed E-state index contributed by atoms with van der Waals surface area (Å²) in [5, 5.41) is 4.90. The zero-order valence-electron chi connectivity index (χ0n) is 9.60. The fourth-order valence-corrected chi connectivity index (χ4v) is 1.90. The quantitative estimate of drug-likeness (QED) is 0.790. The van der Waals surface area contributed by atoms with Gasteiger partial charge in [0.25, 0.3) is 0 Å². The second-order valence-corrected chi connectivity index (χ2v) is 4.04. The Labute approximate surface area is 93.8 Å². The first-order valence-electron chi connectivity index (χ1n) is 5.12. The Bertz CT molecular complexity index is 516. The van der Waals surface area contributed by atoms with Gasteiger partial charge in [0.15, 0.2) is 11.4 Å². The summed E-state index contributed by atoms with van der Waals surface area (Å²) in [6, 6.07) is 7.22. The molecule has 4 heteroatoms. The van der Waals surface area contributed by atoms with E-state index in [1.165, 1.54) is 0 Å². The first-order valence-corrected chi connectivity index (χ1v) is 5.12. The predicted molar refractivity (Wildman–Crippen MR) is 61.1 cm³/mol. The molecule has 0 saturated heterocycles. The number of likely N-dealkylation sites (N-methyl/N-ethyl adjacent to an activating group) is 1. The number of hydrogen-bond acceptors (Lipinski definition) is 4. The molecule has 0 fully saturated rings. The number of carbonyl (C=O) groups is 1. The van der Waals surface area contributed by atoms with Crippen molar-refractivity contribution in [3.8, 4) is 0 Å². The third kappa shape index (κ3) is 1.72. The lowest BCUT2D eigenvalue weighted by Gasteiger charge is -2.19. The van der Waals surface area contributed by atoms with E-state index in [1.807, 2.05) is 43.3 Å². The molecule has 1 aromatic heterocycles. The van der Waals surface area contributed by atoms with Gasteiger partial charge in [-0.3, -0.25) is 9.69 Å². The molecule has 4 nitrogen and oxygen atoms in total. The van der Waals surface area contributed by atoms with Gasteiger partial charge in [-0.25, -0.2) is 0 Å². The monoisotopic (exact) mass is 218 g/mol. The third-order valence-corrected chi connectivity index (χ3v) is 2.57. The van der Waals surface area contributed by atoms with Gasteiger partial charge in [0.05, 0.1) is 0 Å². The van der Waals surface area contributed by atoms with E-state index in [9.17, 15) is 4.79 Å². The van der Waals surface area contributed by atoms with E-state index in [0.717, 1.165) is 5.39 Å². The number of hydrogen-bond donors (Lipinski definition) is 0. The molecule has 0 aliphatic carbocycles. The Morgan fingerprint density at radius 3 is 2.69 bits per heavy atom. The Morgan fingerprint density at radius 2 is 2.06 bits per heavy atom. The molecule has 0 amide bonds. The SMILES string of the molecule is CC(=O)C(c1noc2ccccc12)N(C)C. The second-order valence-electron chi connectivity index (χ2n) is 4.04. The lowest BCUT2D eigenvalue weighted by molar-refractivity contribution is -0.121. The first kappa shape index (κ1) is 10.8. The highest BCUT2D eigenvalue weighted by atomic mass is 16.5. The Kier molecular flexibility index (Phi) is 2.75. The molecule has 0 saturated carbocycles. The van der Waals surface area contributed by atoms with Crippen molar-refractivity contribution in [1.29, 1.82) is 0 Å². The van der Waals surface area contributed by atoms with E-state index < -0.39 is 0 Å². The van der Waals surface area contributed by atoms with Crippen molar-refractivity contribution in [2.24, 2.45) is 0 Å². The van der Waals surface area contributed by atoms with E-state index in [2.05, 4.69) is 5.16 Å². The van der Waals surface area contributed by atoms with Crippen LogP contribution in [0.2, 0.25) is 0 Å².